The van der Waals surface area contributed by atoms with Crippen LogP contribution in [-0.4, -0.2) is 9.89 Å². The molecule has 2 aromatic rings. The second-order valence-corrected chi connectivity index (χ2v) is 6.04. The van der Waals surface area contributed by atoms with Crippen LogP contribution in [0.2, 0.25) is 0 Å². The van der Waals surface area contributed by atoms with Crippen LogP contribution in [0.5, 0.6) is 0 Å². The van der Waals surface area contributed by atoms with Crippen molar-refractivity contribution in [2.24, 2.45) is 0 Å². The summed E-state index contributed by atoms with van der Waals surface area (Å²) in [6.45, 7) is 2.39. The second-order valence-electron chi connectivity index (χ2n) is 4.69. The molecular formula is C17H17IO2. The van der Waals surface area contributed by atoms with E-state index in [9.17, 15) is 4.79 Å². The molecule has 2 rings (SSSR count). The van der Waals surface area contributed by atoms with E-state index < -0.39 is 0 Å². The van der Waals surface area contributed by atoms with Crippen LogP contribution >= 0.6 is 22.6 Å². The molecule has 2 nitrogen and oxygen atoms in total. The number of hydrogen-bond acceptors (Lipinski definition) is 2. The summed E-state index contributed by atoms with van der Waals surface area (Å²) >= 11 is 2.17. The summed E-state index contributed by atoms with van der Waals surface area (Å²) in [4.78, 5) is 12.1. The van der Waals surface area contributed by atoms with Gasteiger partial charge in [-0.15, -0.1) is 0 Å². The predicted molar refractivity (Wildman–Crippen MR) is 88.9 cm³/mol. The van der Waals surface area contributed by atoms with Crippen molar-refractivity contribution in [3.8, 4) is 0 Å². The van der Waals surface area contributed by atoms with Gasteiger partial charge in [0.25, 0.3) is 0 Å². The van der Waals surface area contributed by atoms with Crippen LogP contribution in [-0.2, 0) is 16.1 Å². The van der Waals surface area contributed by atoms with E-state index >= 15 is 0 Å². The molecule has 0 amide bonds. The molecule has 2 unspecified atom stereocenters. The molecule has 0 N–H and O–H groups in total. The van der Waals surface area contributed by atoms with Gasteiger partial charge in [-0.05, 0) is 11.1 Å². The molecular weight excluding hydrogens is 363 g/mol. The molecule has 20 heavy (non-hydrogen) atoms. The fraction of sp³-hybridized carbons (Fsp3) is 0.235. The quantitative estimate of drug-likeness (QED) is 0.438. The number of carbonyl (C=O) groups is 1. The average Bonchev–Trinajstić information content (AvgIpc) is 2.53. The molecule has 0 heterocycles. The number of hydrogen-bond donors (Lipinski definition) is 0. The van der Waals surface area contributed by atoms with Crippen LogP contribution in [0, 0.1) is 0 Å². The SMILES string of the molecule is CC(c1ccccc1)C(I)C(=O)OCc1ccccc1. The van der Waals surface area contributed by atoms with Crippen molar-refractivity contribution in [2.75, 3.05) is 0 Å². The zero-order valence-corrected chi connectivity index (χ0v) is 13.5. The predicted octanol–water partition coefficient (Wildman–Crippen LogP) is 4.34. The van der Waals surface area contributed by atoms with E-state index in [2.05, 4.69) is 29.5 Å². The molecule has 0 aliphatic carbocycles. The highest BCUT2D eigenvalue weighted by Gasteiger charge is 2.24. The topological polar surface area (TPSA) is 26.3 Å². The third-order valence-electron chi connectivity index (χ3n) is 3.21. The van der Waals surface area contributed by atoms with Crippen molar-refractivity contribution in [2.45, 2.75) is 23.4 Å². The molecule has 0 fully saturated rings. The number of ether oxygens (including phenoxy) is 1. The lowest BCUT2D eigenvalue weighted by Gasteiger charge is -2.17. The van der Waals surface area contributed by atoms with Crippen LogP contribution in [0.4, 0.5) is 0 Å². The van der Waals surface area contributed by atoms with Crippen LogP contribution in [0.3, 0.4) is 0 Å². The lowest BCUT2D eigenvalue weighted by molar-refractivity contribution is -0.144. The lowest BCUT2D eigenvalue weighted by Crippen LogP contribution is -2.22. The van der Waals surface area contributed by atoms with E-state index in [-0.39, 0.29) is 15.8 Å². The van der Waals surface area contributed by atoms with E-state index in [0.29, 0.717) is 6.61 Å². The maximum absolute atomic E-state index is 12.1. The molecule has 0 radical (unpaired) electrons. The van der Waals surface area contributed by atoms with Gasteiger partial charge in [0.1, 0.15) is 10.5 Å². The van der Waals surface area contributed by atoms with Gasteiger partial charge in [-0.3, -0.25) is 4.79 Å². The Bertz CT molecular complexity index is 539. The molecule has 0 aliphatic rings. The number of benzene rings is 2. The third-order valence-corrected chi connectivity index (χ3v) is 4.80. The Hall–Kier alpha value is -1.36. The largest absolute Gasteiger partial charge is 0.460 e. The first-order valence-electron chi connectivity index (χ1n) is 6.58. The highest BCUT2D eigenvalue weighted by molar-refractivity contribution is 14.1. The molecule has 2 aromatic carbocycles. The molecule has 0 aliphatic heterocycles. The van der Waals surface area contributed by atoms with Gasteiger partial charge in [-0.2, -0.15) is 0 Å². The number of esters is 1. The Labute approximate surface area is 133 Å². The van der Waals surface area contributed by atoms with Crippen LogP contribution in [0.1, 0.15) is 24.0 Å². The van der Waals surface area contributed by atoms with Crippen LogP contribution in [0.25, 0.3) is 0 Å². The van der Waals surface area contributed by atoms with Gasteiger partial charge in [0.05, 0.1) is 0 Å². The molecule has 0 aromatic heterocycles. The van der Waals surface area contributed by atoms with Crippen molar-refractivity contribution in [3.05, 3.63) is 71.8 Å². The second kappa shape index (κ2) is 7.43. The van der Waals surface area contributed by atoms with E-state index in [4.69, 9.17) is 4.74 Å². The maximum atomic E-state index is 12.1. The summed E-state index contributed by atoms with van der Waals surface area (Å²) in [5, 5.41) is 0. The van der Waals surface area contributed by atoms with Gasteiger partial charge in [0.2, 0.25) is 0 Å². The van der Waals surface area contributed by atoms with E-state index in [0.717, 1.165) is 11.1 Å². The van der Waals surface area contributed by atoms with Crippen molar-refractivity contribution < 1.29 is 9.53 Å². The first-order valence-corrected chi connectivity index (χ1v) is 7.82. The first-order chi connectivity index (χ1) is 9.68. The number of halogens is 1. The van der Waals surface area contributed by atoms with Crippen molar-refractivity contribution >= 4 is 28.6 Å². The fourth-order valence-electron chi connectivity index (χ4n) is 1.94. The van der Waals surface area contributed by atoms with Crippen molar-refractivity contribution in [1.29, 1.82) is 0 Å². The normalized spacial score (nSPS) is 13.5. The molecule has 0 bridgehead atoms. The summed E-state index contributed by atoms with van der Waals surface area (Å²) in [7, 11) is 0. The summed E-state index contributed by atoms with van der Waals surface area (Å²) in [5.41, 5.74) is 2.17. The van der Waals surface area contributed by atoms with Crippen molar-refractivity contribution in [3.63, 3.8) is 0 Å². The highest BCUT2D eigenvalue weighted by atomic mass is 127. The third kappa shape index (κ3) is 4.07. The van der Waals surface area contributed by atoms with Gasteiger partial charge < -0.3 is 4.74 Å². The van der Waals surface area contributed by atoms with E-state index in [1.165, 1.54) is 0 Å². The smallest absolute Gasteiger partial charge is 0.319 e. The summed E-state index contributed by atoms with van der Waals surface area (Å²) in [6.07, 6.45) is 0. The molecule has 0 saturated heterocycles. The fourth-order valence-corrected chi connectivity index (χ4v) is 2.53. The standard InChI is InChI=1S/C17H17IO2/c1-13(15-10-6-3-7-11-15)16(18)17(19)20-12-14-8-4-2-5-9-14/h2-11,13,16H,12H2,1H3. The van der Waals surface area contributed by atoms with Gasteiger partial charge in [0, 0.05) is 5.92 Å². The Morgan fingerprint density at radius 3 is 2.20 bits per heavy atom. The Balaban J connectivity index is 1.92. The summed E-state index contributed by atoms with van der Waals surface area (Å²) in [5.74, 6) is -0.0223. The number of alkyl halides is 1. The number of rotatable bonds is 5. The van der Waals surface area contributed by atoms with Gasteiger partial charge in [-0.1, -0.05) is 90.2 Å². The highest BCUT2D eigenvalue weighted by Crippen LogP contribution is 2.26. The van der Waals surface area contributed by atoms with Crippen LogP contribution in [0.15, 0.2) is 60.7 Å². The van der Waals surface area contributed by atoms with E-state index in [1.54, 1.807) is 0 Å². The minimum atomic E-state index is -0.182. The minimum absolute atomic E-state index is 0.139. The Morgan fingerprint density at radius 1 is 1.05 bits per heavy atom. The lowest BCUT2D eigenvalue weighted by atomic mass is 9.98. The Kier molecular flexibility index (Phi) is 5.59. The zero-order valence-electron chi connectivity index (χ0n) is 11.3. The van der Waals surface area contributed by atoms with Crippen molar-refractivity contribution in [1.82, 2.24) is 0 Å². The van der Waals surface area contributed by atoms with E-state index in [1.807, 2.05) is 60.7 Å². The van der Waals surface area contributed by atoms with Gasteiger partial charge >= 0.3 is 5.97 Å². The molecule has 3 heteroatoms. The maximum Gasteiger partial charge on any atom is 0.319 e. The van der Waals surface area contributed by atoms with Crippen LogP contribution < -0.4 is 0 Å². The van der Waals surface area contributed by atoms with Gasteiger partial charge in [-0.25, -0.2) is 0 Å². The monoisotopic (exact) mass is 380 g/mol. The Morgan fingerprint density at radius 2 is 1.60 bits per heavy atom. The summed E-state index contributed by atoms with van der Waals surface area (Å²) in [6, 6.07) is 19.8. The molecule has 104 valence electrons. The van der Waals surface area contributed by atoms with Gasteiger partial charge in [0.15, 0.2) is 0 Å². The summed E-state index contributed by atoms with van der Waals surface area (Å²) < 4.78 is 5.20. The minimum Gasteiger partial charge on any atom is -0.460 e. The molecule has 2 atom stereocenters. The first kappa shape index (κ1) is 15.0. The zero-order chi connectivity index (χ0) is 14.4. The average molecular weight is 380 g/mol. The molecule has 0 spiro atoms. The number of carbonyl (C=O) groups excluding carboxylic acids is 1. The molecule has 0 saturated carbocycles.